The van der Waals surface area contributed by atoms with E-state index >= 15 is 0 Å². The van der Waals surface area contributed by atoms with Crippen LogP contribution in [0.4, 0.5) is 0 Å². The maximum atomic E-state index is 12.8. The molecular weight excluding hydrogens is 284 g/mol. The lowest BCUT2D eigenvalue weighted by Crippen LogP contribution is -2.52. The Balaban J connectivity index is 2.39. The number of hydrogen-bond donors (Lipinski definition) is 2. The number of rotatable bonds is 6. The van der Waals surface area contributed by atoms with Crippen LogP contribution in [-0.2, 0) is 16.6 Å². The Morgan fingerprint density at radius 2 is 1.90 bits per heavy atom. The molecule has 0 radical (unpaired) electrons. The number of aryl methyl sites for hydroxylation is 1. The summed E-state index contributed by atoms with van der Waals surface area (Å²) in [7, 11) is -1.60. The molecule has 0 saturated heterocycles. The average Bonchev–Trinajstić information content (AvgIpc) is 2.38. The van der Waals surface area contributed by atoms with Crippen LogP contribution >= 0.6 is 0 Å². The van der Waals surface area contributed by atoms with E-state index in [1.165, 1.54) is 0 Å². The molecule has 1 aromatic carbocycles. The first-order valence-electron chi connectivity index (χ1n) is 7.62. The van der Waals surface area contributed by atoms with E-state index < -0.39 is 10.0 Å². The van der Waals surface area contributed by atoms with Crippen molar-refractivity contribution in [2.24, 2.45) is 0 Å². The summed E-state index contributed by atoms with van der Waals surface area (Å²) in [4.78, 5) is 0.424. The summed E-state index contributed by atoms with van der Waals surface area (Å²) in [5, 5.41) is 3.08. The highest BCUT2D eigenvalue weighted by atomic mass is 32.2. The summed E-state index contributed by atoms with van der Waals surface area (Å²) in [6.45, 7) is 6.57. The lowest BCUT2D eigenvalue weighted by atomic mass is 9.76. The molecule has 1 aliphatic rings. The number of nitrogens with one attached hydrogen (secondary N) is 2. The lowest BCUT2D eigenvalue weighted by Gasteiger charge is -2.41. The van der Waals surface area contributed by atoms with Gasteiger partial charge < -0.3 is 5.32 Å². The smallest absolute Gasteiger partial charge is 0.241 e. The van der Waals surface area contributed by atoms with Gasteiger partial charge in [-0.15, -0.1) is 0 Å². The first-order chi connectivity index (χ1) is 9.83. The van der Waals surface area contributed by atoms with Gasteiger partial charge in [0, 0.05) is 12.1 Å². The molecule has 1 fully saturated rings. The summed E-state index contributed by atoms with van der Waals surface area (Å²) in [6, 6.07) is 3.84. The van der Waals surface area contributed by atoms with E-state index in [1.54, 1.807) is 6.07 Å². The van der Waals surface area contributed by atoms with Crippen LogP contribution in [0, 0.1) is 13.8 Å². The Labute approximate surface area is 128 Å². The molecule has 4 nitrogen and oxygen atoms in total. The SMILES string of the molecule is CCC1(NS(=O)(=O)c2cc(CNC)cc(C)c2C)CCC1. The number of benzene rings is 1. The van der Waals surface area contributed by atoms with Gasteiger partial charge in [-0.05, 0) is 69.3 Å². The standard InChI is InChI=1S/C16H26N2O2S/c1-5-16(7-6-8-16)18-21(19,20)15-10-14(11-17-4)9-12(2)13(15)3/h9-10,17-18H,5-8,11H2,1-4H3. The van der Waals surface area contributed by atoms with Crippen LogP contribution in [0.1, 0.15) is 49.3 Å². The number of hydrogen-bond acceptors (Lipinski definition) is 3. The molecule has 1 aromatic rings. The maximum Gasteiger partial charge on any atom is 0.241 e. The van der Waals surface area contributed by atoms with Gasteiger partial charge in [0.25, 0.3) is 0 Å². The maximum absolute atomic E-state index is 12.8. The molecule has 1 aliphatic carbocycles. The summed E-state index contributed by atoms with van der Waals surface area (Å²) < 4.78 is 28.6. The fraction of sp³-hybridized carbons (Fsp3) is 0.625. The first kappa shape index (κ1) is 16.5. The van der Waals surface area contributed by atoms with Gasteiger partial charge in [0.05, 0.1) is 4.90 Å². The van der Waals surface area contributed by atoms with Gasteiger partial charge in [0.15, 0.2) is 0 Å². The highest BCUT2D eigenvalue weighted by molar-refractivity contribution is 7.89. The molecule has 118 valence electrons. The van der Waals surface area contributed by atoms with E-state index in [4.69, 9.17) is 0 Å². The van der Waals surface area contributed by atoms with Crippen molar-refractivity contribution in [3.8, 4) is 0 Å². The molecule has 0 bridgehead atoms. The molecule has 0 amide bonds. The number of sulfonamides is 1. The van der Waals surface area contributed by atoms with Gasteiger partial charge in [-0.2, -0.15) is 0 Å². The van der Waals surface area contributed by atoms with Crippen LogP contribution in [0.3, 0.4) is 0 Å². The van der Waals surface area contributed by atoms with Crippen molar-refractivity contribution >= 4 is 10.0 Å². The van der Waals surface area contributed by atoms with Crippen molar-refractivity contribution in [2.75, 3.05) is 7.05 Å². The topological polar surface area (TPSA) is 58.2 Å². The zero-order valence-corrected chi connectivity index (χ0v) is 14.2. The van der Waals surface area contributed by atoms with Gasteiger partial charge in [-0.1, -0.05) is 13.0 Å². The minimum absolute atomic E-state index is 0.224. The Morgan fingerprint density at radius 1 is 1.24 bits per heavy atom. The molecule has 0 aromatic heterocycles. The monoisotopic (exact) mass is 310 g/mol. The molecule has 5 heteroatoms. The zero-order valence-electron chi connectivity index (χ0n) is 13.4. The average molecular weight is 310 g/mol. The first-order valence-corrected chi connectivity index (χ1v) is 9.10. The second-order valence-corrected chi connectivity index (χ2v) is 7.81. The zero-order chi connectivity index (χ0) is 15.7. The van der Waals surface area contributed by atoms with E-state index in [9.17, 15) is 8.42 Å². The van der Waals surface area contributed by atoms with Crippen LogP contribution < -0.4 is 10.0 Å². The van der Waals surface area contributed by atoms with Crippen LogP contribution in [0.15, 0.2) is 17.0 Å². The Bertz CT molecular complexity index is 614. The summed E-state index contributed by atoms with van der Waals surface area (Å²) in [6.07, 6.45) is 3.84. The summed E-state index contributed by atoms with van der Waals surface area (Å²) in [5.41, 5.74) is 2.63. The van der Waals surface area contributed by atoms with Crippen molar-refractivity contribution < 1.29 is 8.42 Å². The fourth-order valence-corrected chi connectivity index (χ4v) is 4.85. The summed E-state index contributed by atoms with van der Waals surface area (Å²) in [5.74, 6) is 0. The predicted octanol–water partition coefficient (Wildman–Crippen LogP) is 2.63. The van der Waals surface area contributed by atoms with E-state index in [0.29, 0.717) is 11.4 Å². The van der Waals surface area contributed by atoms with Crippen molar-refractivity contribution in [1.82, 2.24) is 10.0 Å². The summed E-state index contributed by atoms with van der Waals surface area (Å²) >= 11 is 0. The normalized spacial score (nSPS) is 17.5. The van der Waals surface area contributed by atoms with Gasteiger partial charge in [0.1, 0.15) is 0 Å². The third kappa shape index (κ3) is 3.30. The molecule has 21 heavy (non-hydrogen) atoms. The highest BCUT2D eigenvalue weighted by Crippen LogP contribution is 2.36. The predicted molar refractivity (Wildman–Crippen MR) is 85.9 cm³/mol. The second kappa shape index (κ2) is 6.07. The second-order valence-electron chi connectivity index (χ2n) is 6.16. The van der Waals surface area contributed by atoms with Crippen molar-refractivity contribution in [3.05, 3.63) is 28.8 Å². The van der Waals surface area contributed by atoms with Gasteiger partial charge >= 0.3 is 0 Å². The van der Waals surface area contributed by atoms with E-state index in [2.05, 4.69) is 17.0 Å². The quantitative estimate of drug-likeness (QED) is 0.849. The highest BCUT2D eigenvalue weighted by Gasteiger charge is 2.39. The fourth-order valence-electron chi connectivity index (χ4n) is 2.96. The van der Waals surface area contributed by atoms with E-state index in [0.717, 1.165) is 42.4 Å². The Morgan fingerprint density at radius 3 is 2.38 bits per heavy atom. The van der Waals surface area contributed by atoms with Crippen molar-refractivity contribution in [2.45, 2.75) is 63.4 Å². The van der Waals surface area contributed by atoms with Crippen LogP contribution in [-0.4, -0.2) is 21.0 Å². The molecule has 0 atom stereocenters. The van der Waals surface area contributed by atoms with Crippen molar-refractivity contribution in [3.63, 3.8) is 0 Å². The largest absolute Gasteiger partial charge is 0.316 e. The Hall–Kier alpha value is -0.910. The molecule has 2 N–H and O–H groups in total. The van der Waals surface area contributed by atoms with Gasteiger partial charge in [-0.3, -0.25) is 0 Å². The molecular formula is C16H26N2O2S. The third-order valence-corrected chi connectivity index (χ3v) is 6.39. The molecule has 0 unspecified atom stereocenters. The third-order valence-electron chi connectivity index (χ3n) is 4.69. The van der Waals surface area contributed by atoms with Crippen LogP contribution in [0.2, 0.25) is 0 Å². The van der Waals surface area contributed by atoms with Gasteiger partial charge in [-0.25, -0.2) is 13.1 Å². The molecule has 1 saturated carbocycles. The van der Waals surface area contributed by atoms with Gasteiger partial charge in [0.2, 0.25) is 10.0 Å². The molecule has 0 heterocycles. The molecule has 2 rings (SSSR count). The Kier molecular flexibility index (Phi) is 4.76. The minimum Gasteiger partial charge on any atom is -0.316 e. The molecule has 0 aliphatic heterocycles. The van der Waals surface area contributed by atoms with Crippen LogP contribution in [0.25, 0.3) is 0 Å². The minimum atomic E-state index is -3.46. The van der Waals surface area contributed by atoms with Crippen LogP contribution in [0.5, 0.6) is 0 Å². The molecule has 0 spiro atoms. The van der Waals surface area contributed by atoms with E-state index in [1.807, 2.05) is 27.0 Å². The lowest BCUT2D eigenvalue weighted by molar-refractivity contribution is 0.214. The van der Waals surface area contributed by atoms with E-state index in [-0.39, 0.29) is 5.54 Å². The van der Waals surface area contributed by atoms with Crippen molar-refractivity contribution in [1.29, 1.82) is 0 Å².